The molecule has 4 heteroatoms. The molecule has 0 aliphatic heterocycles. The molecule has 0 aliphatic carbocycles. The van der Waals surface area contributed by atoms with Gasteiger partial charge in [-0.3, -0.25) is 0 Å². The topological polar surface area (TPSA) is 46.5 Å². The molecular weight excluding hydrogens is 272 g/mol. The van der Waals surface area contributed by atoms with Crippen LogP contribution in [0.25, 0.3) is 22.7 Å². The predicted molar refractivity (Wildman–Crippen MR) is 95.2 cm³/mol. The van der Waals surface area contributed by atoms with Crippen LogP contribution in [0.5, 0.6) is 0 Å². The number of aryl methyl sites for hydroxylation is 2. The molecule has 3 rings (SSSR count). The molecule has 0 bridgehead atoms. The molecule has 120 valence electrons. The molecule has 1 N–H and O–H groups in total. The molecule has 3 aromatic rings. The van der Waals surface area contributed by atoms with E-state index in [2.05, 4.69) is 59.5 Å². The molecule has 0 aromatic carbocycles. The van der Waals surface area contributed by atoms with Crippen LogP contribution in [0, 0.1) is 6.92 Å². The van der Waals surface area contributed by atoms with E-state index < -0.39 is 0 Å². The summed E-state index contributed by atoms with van der Waals surface area (Å²) in [6.45, 7) is 10.6. The molecule has 22 heavy (non-hydrogen) atoms. The van der Waals surface area contributed by atoms with Crippen LogP contribution in [0.2, 0.25) is 0 Å². The van der Waals surface area contributed by atoms with Crippen molar-refractivity contribution in [3.8, 4) is 11.5 Å². The standard InChI is InChI=1S/C15H18N4.C3H8.H2/c1-9(2)11-7-13(19(4)8-11)15-17-12-6-5-10(3)16-14(12)18-15;1-3-2;/h5-9H,1-4H3,(H,16,17,18);3H2,1-2H3;1H. The van der Waals surface area contributed by atoms with Gasteiger partial charge in [-0.1, -0.05) is 34.1 Å². The zero-order chi connectivity index (χ0) is 16.3. The van der Waals surface area contributed by atoms with E-state index in [1.54, 1.807) is 0 Å². The third kappa shape index (κ3) is 3.38. The van der Waals surface area contributed by atoms with Crippen molar-refractivity contribution in [3.05, 3.63) is 35.7 Å². The molecule has 3 aromatic heterocycles. The number of aromatic nitrogens is 4. The fourth-order valence-electron chi connectivity index (χ4n) is 2.25. The average Bonchev–Trinajstić information content (AvgIpc) is 3.02. The van der Waals surface area contributed by atoms with Gasteiger partial charge < -0.3 is 9.55 Å². The van der Waals surface area contributed by atoms with E-state index in [0.717, 1.165) is 28.4 Å². The summed E-state index contributed by atoms with van der Waals surface area (Å²) in [6.07, 6.45) is 3.41. The lowest BCUT2D eigenvalue weighted by Crippen LogP contribution is -1.90. The summed E-state index contributed by atoms with van der Waals surface area (Å²) in [6, 6.07) is 6.21. The molecular formula is C18H28N4. The molecule has 0 fully saturated rings. The van der Waals surface area contributed by atoms with Gasteiger partial charge in [0.1, 0.15) is 0 Å². The maximum atomic E-state index is 4.59. The number of aromatic amines is 1. The SMILES string of the molecule is CCC.Cc1ccc2[nH]c(-c3cc(C(C)C)cn3C)nc2n1.[HH]. The van der Waals surface area contributed by atoms with Crippen LogP contribution in [0.4, 0.5) is 0 Å². The van der Waals surface area contributed by atoms with E-state index in [9.17, 15) is 0 Å². The maximum Gasteiger partial charge on any atom is 0.178 e. The highest BCUT2D eigenvalue weighted by Gasteiger charge is 2.12. The first-order chi connectivity index (χ1) is 10.5. The van der Waals surface area contributed by atoms with Gasteiger partial charge in [-0.05, 0) is 36.6 Å². The fourth-order valence-corrected chi connectivity index (χ4v) is 2.25. The summed E-state index contributed by atoms with van der Waals surface area (Å²) in [5, 5.41) is 0. The Labute approximate surface area is 134 Å². The average molecular weight is 300 g/mol. The van der Waals surface area contributed by atoms with Crippen molar-refractivity contribution in [3.63, 3.8) is 0 Å². The lowest BCUT2D eigenvalue weighted by Gasteiger charge is -1.97. The number of nitrogens with one attached hydrogen (secondary N) is 1. The highest BCUT2D eigenvalue weighted by atomic mass is 15.0. The Hall–Kier alpha value is -2.10. The lowest BCUT2D eigenvalue weighted by molar-refractivity contribution is 0.849. The Bertz CT molecular complexity index is 756. The van der Waals surface area contributed by atoms with Crippen LogP contribution < -0.4 is 0 Å². The minimum absolute atomic E-state index is 0. The second-order valence-electron chi connectivity index (χ2n) is 6.04. The molecule has 0 aliphatic rings. The largest absolute Gasteiger partial charge is 0.348 e. The first-order valence-electron chi connectivity index (χ1n) is 7.96. The van der Waals surface area contributed by atoms with E-state index in [-0.39, 0.29) is 1.43 Å². The summed E-state index contributed by atoms with van der Waals surface area (Å²) in [4.78, 5) is 12.4. The van der Waals surface area contributed by atoms with Crippen molar-refractivity contribution in [1.82, 2.24) is 19.5 Å². The Balaban J connectivity index is 0.000000615. The zero-order valence-electron chi connectivity index (χ0n) is 14.4. The van der Waals surface area contributed by atoms with Gasteiger partial charge in [-0.15, -0.1) is 0 Å². The van der Waals surface area contributed by atoms with E-state index in [0.29, 0.717) is 5.92 Å². The minimum atomic E-state index is 0. The summed E-state index contributed by atoms with van der Waals surface area (Å²) >= 11 is 0. The monoisotopic (exact) mass is 300 g/mol. The molecule has 0 amide bonds. The molecule has 0 atom stereocenters. The van der Waals surface area contributed by atoms with Crippen LogP contribution in [0.1, 0.15) is 52.7 Å². The first-order valence-corrected chi connectivity index (χ1v) is 7.96. The number of hydrogen-bond donors (Lipinski definition) is 1. The molecule has 0 unspecified atom stereocenters. The highest BCUT2D eigenvalue weighted by molar-refractivity contribution is 5.75. The van der Waals surface area contributed by atoms with Crippen molar-refractivity contribution in [2.24, 2.45) is 7.05 Å². The van der Waals surface area contributed by atoms with E-state index in [1.807, 2.05) is 26.1 Å². The second kappa shape index (κ2) is 6.77. The summed E-state index contributed by atoms with van der Waals surface area (Å²) in [5.74, 6) is 1.40. The molecule has 0 radical (unpaired) electrons. The van der Waals surface area contributed by atoms with Crippen LogP contribution in [0.15, 0.2) is 24.4 Å². The quantitative estimate of drug-likeness (QED) is 0.719. The minimum Gasteiger partial charge on any atom is -0.348 e. The number of hydrogen-bond acceptors (Lipinski definition) is 2. The lowest BCUT2D eigenvalue weighted by atomic mass is 10.1. The second-order valence-corrected chi connectivity index (χ2v) is 6.04. The normalized spacial score (nSPS) is 10.9. The van der Waals surface area contributed by atoms with E-state index >= 15 is 0 Å². The zero-order valence-corrected chi connectivity index (χ0v) is 14.4. The van der Waals surface area contributed by atoms with Gasteiger partial charge in [0, 0.05) is 20.4 Å². The van der Waals surface area contributed by atoms with Gasteiger partial charge in [0.15, 0.2) is 11.5 Å². The van der Waals surface area contributed by atoms with Crippen molar-refractivity contribution >= 4 is 11.2 Å². The fraction of sp³-hybridized carbons (Fsp3) is 0.444. The Kier molecular flexibility index (Phi) is 5.01. The van der Waals surface area contributed by atoms with Crippen molar-refractivity contribution in [2.75, 3.05) is 0 Å². The van der Waals surface area contributed by atoms with Gasteiger partial charge >= 0.3 is 0 Å². The third-order valence-corrected chi connectivity index (χ3v) is 3.42. The van der Waals surface area contributed by atoms with E-state index in [4.69, 9.17) is 0 Å². The summed E-state index contributed by atoms with van der Waals surface area (Å²) < 4.78 is 2.11. The Morgan fingerprint density at radius 3 is 2.50 bits per heavy atom. The number of pyridine rings is 1. The molecule has 3 heterocycles. The number of rotatable bonds is 2. The van der Waals surface area contributed by atoms with Crippen LogP contribution in [0.3, 0.4) is 0 Å². The maximum absolute atomic E-state index is 4.59. The highest BCUT2D eigenvalue weighted by Crippen LogP contribution is 2.25. The summed E-state index contributed by atoms with van der Waals surface area (Å²) in [5.41, 5.74) is 5.16. The van der Waals surface area contributed by atoms with Gasteiger partial charge in [0.25, 0.3) is 0 Å². The third-order valence-electron chi connectivity index (χ3n) is 3.42. The van der Waals surface area contributed by atoms with Crippen molar-refractivity contribution in [2.45, 2.75) is 47.0 Å². The Morgan fingerprint density at radius 1 is 1.23 bits per heavy atom. The number of H-pyrrole nitrogens is 1. The van der Waals surface area contributed by atoms with Gasteiger partial charge in [0.2, 0.25) is 0 Å². The Morgan fingerprint density at radius 2 is 1.91 bits per heavy atom. The smallest absolute Gasteiger partial charge is 0.178 e. The van der Waals surface area contributed by atoms with E-state index in [1.165, 1.54) is 12.0 Å². The van der Waals surface area contributed by atoms with Crippen LogP contribution in [-0.2, 0) is 7.05 Å². The van der Waals surface area contributed by atoms with Crippen LogP contribution >= 0.6 is 0 Å². The predicted octanol–water partition coefficient (Wildman–Crippen LogP) is 5.06. The number of imidazole rings is 1. The first kappa shape index (κ1) is 16.3. The van der Waals surface area contributed by atoms with Crippen molar-refractivity contribution < 1.29 is 1.43 Å². The van der Waals surface area contributed by atoms with Crippen LogP contribution in [-0.4, -0.2) is 19.5 Å². The van der Waals surface area contributed by atoms with Gasteiger partial charge in [-0.2, -0.15) is 0 Å². The van der Waals surface area contributed by atoms with Gasteiger partial charge in [0.05, 0.1) is 11.2 Å². The number of nitrogens with zero attached hydrogens (tertiary/aromatic N) is 3. The molecule has 0 spiro atoms. The van der Waals surface area contributed by atoms with Crippen molar-refractivity contribution in [1.29, 1.82) is 0 Å². The number of fused-ring (bicyclic) bond motifs is 1. The molecule has 0 saturated heterocycles. The summed E-state index contributed by atoms with van der Waals surface area (Å²) in [7, 11) is 2.05. The van der Waals surface area contributed by atoms with Gasteiger partial charge in [-0.25, -0.2) is 9.97 Å². The molecule has 0 saturated carbocycles. The molecule has 4 nitrogen and oxygen atoms in total.